The quantitative estimate of drug-likeness (QED) is 0.294. The summed E-state index contributed by atoms with van der Waals surface area (Å²) >= 11 is 0. The summed E-state index contributed by atoms with van der Waals surface area (Å²) in [5.74, 6) is -0.481. The van der Waals surface area contributed by atoms with Gasteiger partial charge in [-0.25, -0.2) is 4.39 Å². The molecule has 0 fully saturated rings. The van der Waals surface area contributed by atoms with Gasteiger partial charge in [-0.1, -0.05) is 67.9 Å². The first-order chi connectivity index (χ1) is 14.8. The third kappa shape index (κ3) is 4.88. The Morgan fingerprint density at radius 1 is 0.710 bits per heavy atom. The molecule has 0 bridgehead atoms. The molecule has 0 aliphatic carbocycles. The van der Waals surface area contributed by atoms with Crippen molar-refractivity contribution in [2.45, 2.75) is 26.1 Å². The van der Waals surface area contributed by atoms with E-state index in [9.17, 15) is 17.6 Å². The van der Waals surface area contributed by atoms with Crippen LogP contribution in [0.1, 0.15) is 18.9 Å². The minimum Gasteiger partial charge on any atom is -0.406 e. The van der Waals surface area contributed by atoms with Gasteiger partial charge >= 0.3 is 6.36 Å². The number of hydrogen-bond acceptors (Lipinski definition) is 1. The zero-order chi connectivity index (χ0) is 22.0. The van der Waals surface area contributed by atoms with Gasteiger partial charge in [-0.15, -0.1) is 13.2 Å². The summed E-state index contributed by atoms with van der Waals surface area (Å²) in [5, 5.41) is 1.45. The monoisotopic (exact) mass is 424 g/mol. The third-order valence-electron chi connectivity index (χ3n) is 5.15. The van der Waals surface area contributed by atoms with E-state index in [1.165, 1.54) is 12.1 Å². The van der Waals surface area contributed by atoms with Crippen LogP contribution < -0.4 is 4.74 Å². The second-order valence-corrected chi connectivity index (χ2v) is 7.41. The van der Waals surface area contributed by atoms with Crippen molar-refractivity contribution in [3.8, 4) is 28.0 Å². The molecular weight excluding hydrogens is 404 g/mol. The maximum atomic E-state index is 14.5. The van der Waals surface area contributed by atoms with E-state index in [1.54, 1.807) is 18.2 Å². The Morgan fingerprint density at radius 3 is 2.03 bits per heavy atom. The maximum absolute atomic E-state index is 14.5. The molecule has 0 aromatic heterocycles. The average molecular weight is 424 g/mol. The fourth-order valence-corrected chi connectivity index (χ4v) is 3.68. The summed E-state index contributed by atoms with van der Waals surface area (Å²) in [5.41, 5.74) is 4.19. The van der Waals surface area contributed by atoms with Crippen molar-refractivity contribution in [2.75, 3.05) is 0 Å². The van der Waals surface area contributed by atoms with Crippen LogP contribution in [-0.4, -0.2) is 6.36 Å². The van der Waals surface area contributed by atoms with Gasteiger partial charge in [0, 0.05) is 5.56 Å². The average Bonchev–Trinajstić information content (AvgIpc) is 2.73. The van der Waals surface area contributed by atoms with Gasteiger partial charge in [0.25, 0.3) is 0 Å². The molecule has 0 aliphatic rings. The minimum absolute atomic E-state index is 0.235. The molecule has 0 amide bonds. The lowest BCUT2D eigenvalue weighted by molar-refractivity contribution is -0.274. The van der Waals surface area contributed by atoms with E-state index >= 15 is 0 Å². The fourth-order valence-electron chi connectivity index (χ4n) is 3.68. The molecule has 5 heteroatoms. The van der Waals surface area contributed by atoms with Crippen LogP contribution in [-0.2, 0) is 6.42 Å². The van der Waals surface area contributed by atoms with Crippen LogP contribution in [0.5, 0.6) is 5.75 Å². The first-order valence-electron chi connectivity index (χ1n) is 10.0. The number of rotatable bonds is 5. The number of benzene rings is 4. The van der Waals surface area contributed by atoms with Crippen molar-refractivity contribution in [3.05, 3.63) is 90.2 Å². The number of fused-ring (bicyclic) bond motifs is 1. The first-order valence-corrected chi connectivity index (χ1v) is 10.0. The second-order valence-electron chi connectivity index (χ2n) is 7.41. The largest absolute Gasteiger partial charge is 0.573 e. The highest BCUT2D eigenvalue weighted by atomic mass is 19.4. The van der Waals surface area contributed by atoms with Gasteiger partial charge in [0.05, 0.1) is 0 Å². The van der Waals surface area contributed by atoms with Crippen LogP contribution in [0.15, 0.2) is 78.9 Å². The summed E-state index contributed by atoms with van der Waals surface area (Å²) in [6.07, 6.45) is -2.90. The maximum Gasteiger partial charge on any atom is 0.573 e. The highest BCUT2D eigenvalue weighted by molar-refractivity contribution is 5.88. The van der Waals surface area contributed by atoms with E-state index in [1.807, 2.05) is 48.5 Å². The number of ether oxygens (including phenoxy) is 1. The topological polar surface area (TPSA) is 9.23 Å². The molecule has 4 aromatic rings. The summed E-state index contributed by atoms with van der Waals surface area (Å²) in [6.45, 7) is 2.06. The van der Waals surface area contributed by atoms with Gasteiger partial charge in [0.15, 0.2) is 0 Å². The minimum atomic E-state index is -4.72. The van der Waals surface area contributed by atoms with Crippen LogP contribution in [0.2, 0.25) is 0 Å². The second kappa shape index (κ2) is 8.42. The Balaban J connectivity index is 1.59. The van der Waals surface area contributed by atoms with Crippen LogP contribution in [0.3, 0.4) is 0 Å². The van der Waals surface area contributed by atoms with Crippen LogP contribution in [0, 0.1) is 5.82 Å². The molecule has 1 nitrogen and oxygen atoms in total. The van der Waals surface area contributed by atoms with Gasteiger partial charge in [-0.3, -0.25) is 0 Å². The Bertz CT molecular complexity index is 1210. The third-order valence-corrected chi connectivity index (χ3v) is 5.15. The predicted octanol–water partition coefficient (Wildman–Crippen LogP) is 8.16. The van der Waals surface area contributed by atoms with Crippen molar-refractivity contribution in [1.29, 1.82) is 0 Å². The van der Waals surface area contributed by atoms with Crippen molar-refractivity contribution < 1.29 is 22.3 Å². The lowest BCUT2D eigenvalue weighted by Crippen LogP contribution is -2.16. The van der Waals surface area contributed by atoms with Crippen LogP contribution >= 0.6 is 0 Å². The lowest BCUT2D eigenvalue weighted by Gasteiger charge is -2.11. The number of hydrogen-bond donors (Lipinski definition) is 0. The van der Waals surface area contributed by atoms with Crippen molar-refractivity contribution in [1.82, 2.24) is 0 Å². The molecule has 0 unspecified atom stereocenters. The van der Waals surface area contributed by atoms with Crippen LogP contribution in [0.4, 0.5) is 17.6 Å². The van der Waals surface area contributed by atoms with E-state index in [0.29, 0.717) is 10.9 Å². The highest BCUT2D eigenvalue weighted by Gasteiger charge is 2.31. The molecule has 0 atom stereocenters. The standard InChI is InChI=1S/C26H20F4O/c1-2-3-17-4-13-24(25(27)14-17)19-7-5-18(6-8-19)20-9-10-22-16-23(31-26(28,29)30)12-11-21(22)15-20/h4-16H,2-3H2,1H3. The highest BCUT2D eigenvalue weighted by Crippen LogP contribution is 2.31. The molecule has 0 N–H and O–H groups in total. The number of aryl methyl sites for hydroxylation is 1. The first kappa shape index (κ1) is 20.9. The molecule has 158 valence electrons. The molecule has 4 aromatic carbocycles. The Kier molecular flexibility index (Phi) is 5.68. The molecule has 0 heterocycles. The lowest BCUT2D eigenvalue weighted by atomic mass is 9.97. The van der Waals surface area contributed by atoms with Gasteiger partial charge in [-0.2, -0.15) is 0 Å². The summed E-state index contributed by atoms with van der Waals surface area (Å²) < 4.78 is 55.7. The van der Waals surface area contributed by atoms with Crippen molar-refractivity contribution >= 4 is 10.8 Å². The van der Waals surface area contributed by atoms with Gasteiger partial charge in [-0.05, 0) is 63.7 Å². The SMILES string of the molecule is CCCc1ccc(-c2ccc(-c3ccc4cc(OC(F)(F)F)ccc4c3)cc2)c(F)c1. The Morgan fingerprint density at radius 2 is 1.35 bits per heavy atom. The van der Waals surface area contributed by atoms with E-state index < -0.39 is 6.36 Å². The summed E-state index contributed by atoms with van der Waals surface area (Å²) in [7, 11) is 0. The molecule has 0 saturated heterocycles. The fraction of sp³-hybridized carbons (Fsp3) is 0.154. The molecule has 0 spiro atoms. The summed E-state index contributed by atoms with van der Waals surface area (Å²) in [6, 6.07) is 22.7. The normalized spacial score (nSPS) is 11.6. The molecule has 4 rings (SSSR count). The summed E-state index contributed by atoms with van der Waals surface area (Å²) in [4.78, 5) is 0. The van der Waals surface area contributed by atoms with Gasteiger partial charge in [0.2, 0.25) is 0 Å². The zero-order valence-electron chi connectivity index (χ0n) is 16.8. The van der Waals surface area contributed by atoms with E-state index in [4.69, 9.17) is 0 Å². The van der Waals surface area contributed by atoms with Gasteiger partial charge in [0.1, 0.15) is 11.6 Å². The number of halogens is 4. The van der Waals surface area contributed by atoms with Crippen LogP contribution in [0.25, 0.3) is 33.0 Å². The molecular formula is C26H20F4O. The predicted molar refractivity (Wildman–Crippen MR) is 115 cm³/mol. The van der Waals surface area contributed by atoms with E-state index in [0.717, 1.165) is 40.5 Å². The Hall–Kier alpha value is -3.34. The molecule has 0 radical (unpaired) electrons. The van der Waals surface area contributed by atoms with E-state index in [2.05, 4.69) is 11.7 Å². The van der Waals surface area contributed by atoms with Crippen molar-refractivity contribution in [3.63, 3.8) is 0 Å². The molecule has 31 heavy (non-hydrogen) atoms. The van der Waals surface area contributed by atoms with Gasteiger partial charge < -0.3 is 4.74 Å². The molecule has 0 saturated carbocycles. The smallest absolute Gasteiger partial charge is 0.406 e. The molecule has 0 aliphatic heterocycles. The Labute approximate surface area is 177 Å². The zero-order valence-corrected chi connectivity index (χ0v) is 16.8. The van der Waals surface area contributed by atoms with Crippen molar-refractivity contribution in [2.24, 2.45) is 0 Å². The van der Waals surface area contributed by atoms with E-state index in [-0.39, 0.29) is 11.6 Å². The number of alkyl halides is 3.